The van der Waals surface area contributed by atoms with Gasteiger partial charge in [0.05, 0.1) is 11.4 Å². The fourth-order valence-corrected chi connectivity index (χ4v) is 2.65. The molecule has 1 aromatic heterocycles. The smallest absolute Gasteiger partial charge is 0.140 e. The van der Waals surface area contributed by atoms with Crippen LogP contribution in [0.25, 0.3) is 0 Å². The van der Waals surface area contributed by atoms with E-state index in [1.54, 1.807) is 17.5 Å². The first-order valence-electron chi connectivity index (χ1n) is 5.45. The van der Waals surface area contributed by atoms with Crippen LogP contribution in [0.3, 0.4) is 0 Å². The van der Waals surface area contributed by atoms with Crippen molar-refractivity contribution in [3.05, 3.63) is 16.6 Å². The Morgan fingerprint density at radius 3 is 3.27 bits per heavy atom. The third-order valence-corrected chi connectivity index (χ3v) is 3.53. The lowest BCUT2D eigenvalue weighted by Crippen LogP contribution is -2.31. The number of thiazole rings is 1. The fourth-order valence-electron chi connectivity index (χ4n) is 2.00. The molecular formula is C11H16N2OS. The standard InChI is InChI=1S/C11H16N2OS/c14-10(7-11-13-4-5-15-11)6-9-2-1-3-12-8-9/h4-5,9,12H,1-3,6-8H2. The van der Waals surface area contributed by atoms with Crippen LogP contribution < -0.4 is 5.32 Å². The van der Waals surface area contributed by atoms with Crippen LogP contribution in [-0.4, -0.2) is 23.9 Å². The molecule has 1 atom stereocenters. The van der Waals surface area contributed by atoms with Crippen LogP contribution in [0.2, 0.25) is 0 Å². The lowest BCUT2D eigenvalue weighted by molar-refractivity contribution is -0.119. The lowest BCUT2D eigenvalue weighted by Gasteiger charge is -2.21. The summed E-state index contributed by atoms with van der Waals surface area (Å²) in [5, 5.41) is 6.20. The first kappa shape index (κ1) is 10.8. The van der Waals surface area contributed by atoms with Gasteiger partial charge in [0.1, 0.15) is 5.78 Å². The van der Waals surface area contributed by atoms with Gasteiger partial charge >= 0.3 is 0 Å². The number of piperidine rings is 1. The molecule has 0 saturated carbocycles. The zero-order chi connectivity index (χ0) is 10.5. The Morgan fingerprint density at radius 2 is 2.60 bits per heavy atom. The molecule has 1 aliphatic heterocycles. The third-order valence-electron chi connectivity index (χ3n) is 2.75. The minimum atomic E-state index is 0.332. The number of rotatable bonds is 4. The molecule has 0 aliphatic carbocycles. The molecule has 0 bridgehead atoms. The Bertz CT molecular complexity index is 304. The van der Waals surface area contributed by atoms with Crippen molar-refractivity contribution in [2.45, 2.75) is 25.7 Å². The van der Waals surface area contributed by atoms with E-state index in [-0.39, 0.29) is 0 Å². The van der Waals surface area contributed by atoms with Gasteiger partial charge in [0.25, 0.3) is 0 Å². The highest BCUT2D eigenvalue weighted by atomic mass is 32.1. The van der Waals surface area contributed by atoms with Gasteiger partial charge in [-0.15, -0.1) is 11.3 Å². The highest BCUT2D eigenvalue weighted by molar-refractivity contribution is 7.09. The van der Waals surface area contributed by atoms with Crippen molar-refractivity contribution in [2.24, 2.45) is 5.92 Å². The largest absolute Gasteiger partial charge is 0.316 e. The molecule has 0 spiro atoms. The van der Waals surface area contributed by atoms with Gasteiger partial charge in [-0.1, -0.05) is 0 Å². The summed E-state index contributed by atoms with van der Waals surface area (Å²) >= 11 is 1.57. The molecule has 1 unspecified atom stereocenters. The summed E-state index contributed by atoms with van der Waals surface area (Å²) in [6.07, 6.45) is 5.39. The summed E-state index contributed by atoms with van der Waals surface area (Å²) in [5.41, 5.74) is 0. The van der Waals surface area contributed by atoms with Gasteiger partial charge in [0, 0.05) is 18.0 Å². The molecule has 15 heavy (non-hydrogen) atoms. The van der Waals surface area contributed by atoms with Crippen LogP contribution in [0, 0.1) is 5.92 Å². The maximum Gasteiger partial charge on any atom is 0.140 e. The molecule has 4 heteroatoms. The zero-order valence-electron chi connectivity index (χ0n) is 8.74. The Morgan fingerprint density at radius 1 is 1.67 bits per heavy atom. The fraction of sp³-hybridized carbons (Fsp3) is 0.636. The topological polar surface area (TPSA) is 42.0 Å². The number of ketones is 1. The van der Waals surface area contributed by atoms with Crippen LogP contribution >= 0.6 is 11.3 Å². The van der Waals surface area contributed by atoms with E-state index in [1.165, 1.54) is 12.8 Å². The van der Waals surface area contributed by atoms with E-state index in [4.69, 9.17) is 0 Å². The highest BCUT2D eigenvalue weighted by Gasteiger charge is 2.17. The second kappa shape index (κ2) is 5.37. The number of carbonyl (C=O) groups is 1. The molecule has 1 fully saturated rings. The Kier molecular flexibility index (Phi) is 3.86. The number of carbonyl (C=O) groups excluding carboxylic acids is 1. The van der Waals surface area contributed by atoms with Crippen LogP contribution in [0.1, 0.15) is 24.3 Å². The summed E-state index contributed by atoms with van der Waals surface area (Å²) in [7, 11) is 0. The molecule has 0 aromatic carbocycles. The first-order chi connectivity index (χ1) is 7.34. The minimum Gasteiger partial charge on any atom is -0.316 e. The number of nitrogens with zero attached hydrogens (tertiary/aromatic N) is 1. The predicted molar refractivity (Wildman–Crippen MR) is 61.0 cm³/mol. The number of aromatic nitrogens is 1. The molecule has 1 aliphatic rings. The second-order valence-electron chi connectivity index (χ2n) is 4.06. The highest BCUT2D eigenvalue weighted by Crippen LogP contribution is 2.16. The molecule has 82 valence electrons. The molecule has 0 amide bonds. The van der Waals surface area contributed by atoms with Crippen LogP contribution in [0.5, 0.6) is 0 Å². The van der Waals surface area contributed by atoms with E-state index in [9.17, 15) is 4.79 Å². The summed E-state index contributed by atoms with van der Waals surface area (Å²) in [6.45, 7) is 2.11. The van der Waals surface area contributed by atoms with E-state index >= 15 is 0 Å². The van der Waals surface area contributed by atoms with Gasteiger partial charge in [-0.25, -0.2) is 4.98 Å². The van der Waals surface area contributed by atoms with Crippen molar-refractivity contribution in [3.63, 3.8) is 0 Å². The molecule has 2 rings (SSSR count). The summed E-state index contributed by atoms with van der Waals surface area (Å²) < 4.78 is 0. The Labute approximate surface area is 93.9 Å². The van der Waals surface area contributed by atoms with Crippen LogP contribution in [0.15, 0.2) is 11.6 Å². The van der Waals surface area contributed by atoms with Crippen molar-refractivity contribution in [2.75, 3.05) is 13.1 Å². The lowest BCUT2D eigenvalue weighted by atomic mass is 9.93. The summed E-state index contributed by atoms with van der Waals surface area (Å²) in [5.74, 6) is 0.880. The van der Waals surface area contributed by atoms with Gasteiger partial charge < -0.3 is 5.32 Å². The van der Waals surface area contributed by atoms with Crippen molar-refractivity contribution in [1.82, 2.24) is 10.3 Å². The maximum absolute atomic E-state index is 11.7. The van der Waals surface area contributed by atoms with E-state index in [0.717, 1.165) is 18.1 Å². The maximum atomic E-state index is 11.7. The van der Waals surface area contributed by atoms with Gasteiger partial charge in [-0.3, -0.25) is 4.79 Å². The van der Waals surface area contributed by atoms with Gasteiger partial charge in [-0.05, 0) is 31.8 Å². The average molecular weight is 224 g/mol. The normalized spacial score (nSPS) is 21.5. The number of hydrogen-bond acceptors (Lipinski definition) is 4. The van der Waals surface area contributed by atoms with E-state index < -0.39 is 0 Å². The predicted octanol–water partition coefficient (Wildman–Crippen LogP) is 1.64. The molecule has 1 saturated heterocycles. The average Bonchev–Trinajstić information content (AvgIpc) is 2.71. The SMILES string of the molecule is O=C(Cc1nccs1)CC1CCCNC1. The monoisotopic (exact) mass is 224 g/mol. The quantitative estimate of drug-likeness (QED) is 0.845. The molecule has 2 heterocycles. The molecule has 1 aromatic rings. The van der Waals surface area contributed by atoms with Crippen molar-refractivity contribution >= 4 is 17.1 Å². The van der Waals surface area contributed by atoms with E-state index in [1.807, 2.05) is 5.38 Å². The van der Waals surface area contributed by atoms with E-state index in [0.29, 0.717) is 24.5 Å². The Balaban J connectivity index is 1.76. The van der Waals surface area contributed by atoms with Gasteiger partial charge in [-0.2, -0.15) is 0 Å². The van der Waals surface area contributed by atoms with Gasteiger partial charge in [0.2, 0.25) is 0 Å². The van der Waals surface area contributed by atoms with Crippen molar-refractivity contribution < 1.29 is 4.79 Å². The van der Waals surface area contributed by atoms with Crippen LogP contribution in [0.4, 0.5) is 0 Å². The second-order valence-corrected chi connectivity index (χ2v) is 5.04. The minimum absolute atomic E-state index is 0.332. The summed E-state index contributed by atoms with van der Waals surface area (Å²) in [4.78, 5) is 15.8. The third kappa shape index (κ3) is 3.39. The van der Waals surface area contributed by atoms with E-state index in [2.05, 4.69) is 10.3 Å². The Hall–Kier alpha value is -0.740. The van der Waals surface area contributed by atoms with Crippen molar-refractivity contribution in [1.29, 1.82) is 0 Å². The summed E-state index contributed by atoms with van der Waals surface area (Å²) in [6, 6.07) is 0. The molecule has 3 nitrogen and oxygen atoms in total. The van der Waals surface area contributed by atoms with Crippen molar-refractivity contribution in [3.8, 4) is 0 Å². The first-order valence-corrected chi connectivity index (χ1v) is 6.33. The number of nitrogens with one attached hydrogen (secondary N) is 1. The molecular weight excluding hydrogens is 208 g/mol. The van der Waals surface area contributed by atoms with Gasteiger partial charge in [0.15, 0.2) is 0 Å². The zero-order valence-corrected chi connectivity index (χ0v) is 9.55. The molecule has 1 N–H and O–H groups in total. The number of Topliss-reactive ketones (excluding diaryl/α,β-unsaturated/α-hetero) is 1. The van der Waals surface area contributed by atoms with Crippen LogP contribution in [-0.2, 0) is 11.2 Å². The number of hydrogen-bond donors (Lipinski definition) is 1. The molecule has 0 radical (unpaired) electrons.